The lowest BCUT2D eigenvalue weighted by molar-refractivity contribution is -0.131. The Hall–Kier alpha value is -3.40. The maximum absolute atomic E-state index is 10.7. The molecule has 0 aliphatic carbocycles. The first kappa shape index (κ1) is 17.4. The Morgan fingerprint density at radius 1 is 1.08 bits per heavy atom. The number of rotatable bonds is 6. The summed E-state index contributed by atoms with van der Waals surface area (Å²) in [6, 6.07) is 17.9. The van der Waals surface area contributed by atoms with Crippen LogP contribution < -0.4 is 0 Å². The number of aromatic nitrogens is 2. The second-order valence-electron chi connectivity index (χ2n) is 5.98. The third-order valence-electron chi connectivity index (χ3n) is 3.98. The minimum atomic E-state index is -0.987. The highest BCUT2D eigenvalue weighted by Crippen LogP contribution is 2.23. The average molecular weight is 344 g/mol. The Kier molecular flexibility index (Phi) is 5.44. The number of benzene rings is 1. The van der Waals surface area contributed by atoms with Crippen LogP contribution in [0.1, 0.15) is 22.5 Å². The lowest BCUT2D eigenvalue weighted by Crippen LogP contribution is -1.98. The number of nitrogens with zero attached hydrogens (tertiary/aromatic N) is 2. The summed E-state index contributed by atoms with van der Waals surface area (Å²) in [5.74, 6) is -0.987. The number of pyridine rings is 1. The lowest BCUT2D eigenvalue weighted by Gasteiger charge is -2.10. The SMILES string of the molecule is Cc1ccc(/C(=C\Cn2cccc2)c2cccc(/C=C/C(=O)O)n2)cc1. The van der Waals surface area contributed by atoms with Crippen molar-refractivity contribution in [2.45, 2.75) is 13.5 Å². The topological polar surface area (TPSA) is 55.1 Å². The van der Waals surface area contributed by atoms with Crippen LogP contribution in [0.4, 0.5) is 0 Å². The third kappa shape index (κ3) is 4.57. The molecule has 0 atom stereocenters. The molecule has 4 heteroatoms. The molecular formula is C22H20N2O2. The van der Waals surface area contributed by atoms with Gasteiger partial charge in [0.15, 0.2) is 0 Å². The summed E-state index contributed by atoms with van der Waals surface area (Å²) >= 11 is 0. The van der Waals surface area contributed by atoms with E-state index in [1.165, 1.54) is 11.6 Å². The van der Waals surface area contributed by atoms with Crippen LogP contribution in [0.5, 0.6) is 0 Å². The Balaban J connectivity index is 2.00. The van der Waals surface area contributed by atoms with Gasteiger partial charge in [-0.3, -0.25) is 0 Å². The van der Waals surface area contributed by atoms with E-state index >= 15 is 0 Å². The van der Waals surface area contributed by atoms with Gasteiger partial charge in [0.05, 0.1) is 11.4 Å². The van der Waals surface area contributed by atoms with Gasteiger partial charge in [-0.15, -0.1) is 0 Å². The van der Waals surface area contributed by atoms with E-state index in [0.717, 1.165) is 29.5 Å². The highest BCUT2D eigenvalue weighted by Gasteiger charge is 2.07. The smallest absolute Gasteiger partial charge is 0.328 e. The lowest BCUT2D eigenvalue weighted by atomic mass is 10.00. The summed E-state index contributed by atoms with van der Waals surface area (Å²) in [5.41, 5.74) is 4.72. The van der Waals surface area contributed by atoms with Gasteiger partial charge in [-0.2, -0.15) is 0 Å². The second kappa shape index (κ2) is 8.12. The zero-order valence-electron chi connectivity index (χ0n) is 14.5. The van der Waals surface area contributed by atoms with E-state index in [4.69, 9.17) is 5.11 Å². The number of allylic oxidation sites excluding steroid dienone is 1. The Morgan fingerprint density at radius 3 is 2.50 bits per heavy atom. The minimum Gasteiger partial charge on any atom is -0.478 e. The fourth-order valence-electron chi connectivity index (χ4n) is 2.64. The largest absolute Gasteiger partial charge is 0.478 e. The van der Waals surface area contributed by atoms with Crippen LogP contribution in [0.2, 0.25) is 0 Å². The van der Waals surface area contributed by atoms with E-state index in [-0.39, 0.29) is 0 Å². The van der Waals surface area contributed by atoms with Crippen molar-refractivity contribution in [3.63, 3.8) is 0 Å². The van der Waals surface area contributed by atoms with Gasteiger partial charge in [-0.25, -0.2) is 9.78 Å². The average Bonchev–Trinajstić information content (AvgIpc) is 3.15. The molecule has 26 heavy (non-hydrogen) atoms. The number of hydrogen-bond donors (Lipinski definition) is 1. The predicted octanol–water partition coefficient (Wildman–Crippen LogP) is 4.42. The van der Waals surface area contributed by atoms with E-state index in [2.05, 4.69) is 46.8 Å². The maximum atomic E-state index is 10.7. The fourth-order valence-corrected chi connectivity index (χ4v) is 2.64. The number of carboxylic acid groups (broad SMARTS) is 1. The molecule has 1 aromatic carbocycles. The molecule has 0 saturated heterocycles. The van der Waals surface area contributed by atoms with Crippen molar-refractivity contribution < 1.29 is 9.90 Å². The monoisotopic (exact) mass is 344 g/mol. The first-order valence-corrected chi connectivity index (χ1v) is 8.38. The Morgan fingerprint density at radius 2 is 1.81 bits per heavy atom. The molecule has 0 spiro atoms. The number of carboxylic acids is 1. The minimum absolute atomic E-state index is 0.615. The highest BCUT2D eigenvalue weighted by molar-refractivity contribution is 5.85. The molecule has 0 unspecified atom stereocenters. The van der Waals surface area contributed by atoms with Gasteiger partial charge in [-0.05, 0) is 42.8 Å². The van der Waals surface area contributed by atoms with Gasteiger partial charge >= 0.3 is 5.97 Å². The zero-order valence-corrected chi connectivity index (χ0v) is 14.5. The molecule has 3 aromatic rings. The van der Waals surface area contributed by atoms with E-state index < -0.39 is 5.97 Å². The predicted molar refractivity (Wildman–Crippen MR) is 104 cm³/mol. The number of carbonyl (C=O) groups is 1. The van der Waals surface area contributed by atoms with E-state index in [1.807, 2.05) is 36.7 Å². The molecule has 1 N–H and O–H groups in total. The van der Waals surface area contributed by atoms with E-state index in [0.29, 0.717) is 5.69 Å². The van der Waals surface area contributed by atoms with Gasteiger partial charge in [0, 0.05) is 30.6 Å². The second-order valence-corrected chi connectivity index (χ2v) is 5.98. The maximum Gasteiger partial charge on any atom is 0.328 e. The molecule has 0 aliphatic rings. The number of hydrogen-bond acceptors (Lipinski definition) is 2. The summed E-state index contributed by atoms with van der Waals surface area (Å²) in [5, 5.41) is 8.82. The zero-order chi connectivity index (χ0) is 18.4. The number of aryl methyl sites for hydroxylation is 1. The van der Waals surface area contributed by atoms with Gasteiger partial charge in [-0.1, -0.05) is 42.0 Å². The summed E-state index contributed by atoms with van der Waals surface area (Å²) < 4.78 is 2.09. The van der Waals surface area contributed by atoms with E-state index in [9.17, 15) is 4.79 Å². The summed E-state index contributed by atoms with van der Waals surface area (Å²) in [6.07, 6.45) is 8.77. The molecule has 0 amide bonds. The Labute approximate surface area is 152 Å². The molecule has 0 bridgehead atoms. The number of aliphatic carboxylic acids is 1. The summed E-state index contributed by atoms with van der Waals surface area (Å²) in [7, 11) is 0. The molecule has 0 saturated carbocycles. The molecule has 130 valence electrons. The van der Waals surface area contributed by atoms with Crippen LogP contribution in [-0.2, 0) is 11.3 Å². The van der Waals surface area contributed by atoms with Crippen LogP contribution in [0, 0.1) is 6.92 Å². The summed E-state index contributed by atoms with van der Waals surface area (Å²) in [4.78, 5) is 15.4. The molecule has 2 aromatic heterocycles. The van der Waals surface area contributed by atoms with Crippen molar-refractivity contribution in [2.24, 2.45) is 0 Å². The normalized spacial score (nSPS) is 11.8. The molecule has 0 aliphatic heterocycles. The standard InChI is InChI=1S/C22H20N2O2/c1-17-7-9-18(10-8-17)20(13-16-24-14-2-3-15-24)21-6-4-5-19(23-21)11-12-22(25)26/h2-15H,16H2,1H3,(H,25,26)/b12-11+,20-13+. The quantitative estimate of drug-likeness (QED) is 0.673. The van der Waals surface area contributed by atoms with Crippen LogP contribution in [-0.4, -0.2) is 20.6 Å². The van der Waals surface area contributed by atoms with Crippen LogP contribution in [0.15, 0.2) is 79.1 Å². The third-order valence-corrected chi connectivity index (χ3v) is 3.98. The van der Waals surface area contributed by atoms with Crippen LogP contribution >= 0.6 is 0 Å². The van der Waals surface area contributed by atoms with Crippen molar-refractivity contribution in [1.82, 2.24) is 9.55 Å². The molecule has 4 nitrogen and oxygen atoms in total. The van der Waals surface area contributed by atoms with Crippen molar-refractivity contribution in [1.29, 1.82) is 0 Å². The van der Waals surface area contributed by atoms with Crippen molar-refractivity contribution >= 4 is 17.6 Å². The molecule has 2 heterocycles. The Bertz CT molecular complexity index is 937. The highest BCUT2D eigenvalue weighted by atomic mass is 16.4. The van der Waals surface area contributed by atoms with Crippen LogP contribution in [0.25, 0.3) is 11.6 Å². The molecule has 0 fully saturated rings. The van der Waals surface area contributed by atoms with Crippen molar-refractivity contribution in [3.8, 4) is 0 Å². The molecule has 0 radical (unpaired) electrons. The van der Waals surface area contributed by atoms with Crippen LogP contribution in [0.3, 0.4) is 0 Å². The first-order valence-electron chi connectivity index (χ1n) is 8.38. The molecular weight excluding hydrogens is 324 g/mol. The summed E-state index contributed by atoms with van der Waals surface area (Å²) in [6.45, 7) is 2.79. The van der Waals surface area contributed by atoms with Crippen molar-refractivity contribution in [2.75, 3.05) is 0 Å². The van der Waals surface area contributed by atoms with Crippen molar-refractivity contribution in [3.05, 3.63) is 102 Å². The van der Waals surface area contributed by atoms with E-state index in [1.54, 1.807) is 6.07 Å². The van der Waals surface area contributed by atoms with Gasteiger partial charge in [0.1, 0.15) is 0 Å². The van der Waals surface area contributed by atoms with Gasteiger partial charge in [0.2, 0.25) is 0 Å². The first-order chi connectivity index (χ1) is 12.6. The van der Waals surface area contributed by atoms with Gasteiger partial charge in [0.25, 0.3) is 0 Å². The molecule has 3 rings (SSSR count). The van der Waals surface area contributed by atoms with Gasteiger partial charge < -0.3 is 9.67 Å². The fraction of sp³-hybridized carbons (Fsp3) is 0.0909.